The monoisotopic (exact) mass is 266 g/mol. The maximum atomic E-state index is 11.7. The number of halogens is 1. The number of aromatic nitrogens is 3. The topological polar surface area (TPSA) is 70.7 Å². The summed E-state index contributed by atoms with van der Waals surface area (Å²) in [5.74, 6) is -0.245. The molecule has 6 heteroatoms. The molecule has 0 aliphatic carbocycles. The fourth-order valence-electron chi connectivity index (χ4n) is 1.06. The molecule has 2 rings (SSSR count). The van der Waals surface area contributed by atoms with Crippen LogP contribution < -0.4 is 5.32 Å². The first-order valence-corrected chi connectivity index (χ1v) is 4.97. The van der Waals surface area contributed by atoms with E-state index in [9.17, 15) is 4.79 Å². The minimum Gasteiger partial charge on any atom is -0.321 e. The summed E-state index contributed by atoms with van der Waals surface area (Å²) in [5, 5.41) is 9.05. The Morgan fingerprint density at radius 1 is 1.40 bits per heavy atom. The van der Waals surface area contributed by atoms with Crippen molar-refractivity contribution in [2.75, 3.05) is 5.32 Å². The Kier molecular flexibility index (Phi) is 2.77. The number of carbonyl (C=O) groups excluding carboxylic acids is 1. The van der Waals surface area contributed by atoms with E-state index < -0.39 is 0 Å². The molecule has 2 aromatic rings. The summed E-state index contributed by atoms with van der Waals surface area (Å²) in [5.41, 5.74) is 1.09. The number of rotatable bonds is 2. The molecule has 15 heavy (non-hydrogen) atoms. The van der Waals surface area contributed by atoms with Gasteiger partial charge in [-0.25, -0.2) is 0 Å². The Labute approximate surface area is 94.0 Å². The second-order valence-corrected chi connectivity index (χ2v) is 3.64. The van der Waals surface area contributed by atoms with Crippen LogP contribution >= 0.6 is 15.9 Å². The summed E-state index contributed by atoms with van der Waals surface area (Å²) in [6.07, 6.45) is 4.75. The number of amides is 1. The number of pyridine rings is 1. The lowest BCUT2D eigenvalue weighted by molar-refractivity contribution is 0.102. The predicted molar refractivity (Wildman–Crippen MR) is 58.5 cm³/mol. The van der Waals surface area contributed by atoms with Crippen LogP contribution in [-0.4, -0.2) is 21.1 Å². The van der Waals surface area contributed by atoms with E-state index in [1.807, 2.05) is 0 Å². The van der Waals surface area contributed by atoms with Crippen molar-refractivity contribution in [2.24, 2.45) is 0 Å². The van der Waals surface area contributed by atoms with Crippen molar-refractivity contribution >= 4 is 27.5 Å². The van der Waals surface area contributed by atoms with E-state index in [0.29, 0.717) is 15.9 Å². The molecule has 0 aromatic carbocycles. The molecule has 2 aromatic heterocycles. The highest BCUT2D eigenvalue weighted by molar-refractivity contribution is 9.10. The highest BCUT2D eigenvalue weighted by atomic mass is 79.9. The molecule has 0 aliphatic rings. The Balaban J connectivity index is 2.15. The van der Waals surface area contributed by atoms with Gasteiger partial charge in [0, 0.05) is 18.1 Å². The highest BCUT2D eigenvalue weighted by Crippen LogP contribution is 2.14. The van der Waals surface area contributed by atoms with Crippen molar-refractivity contribution < 1.29 is 4.79 Å². The number of H-pyrrole nitrogens is 1. The summed E-state index contributed by atoms with van der Waals surface area (Å²) in [6.45, 7) is 0. The van der Waals surface area contributed by atoms with Gasteiger partial charge >= 0.3 is 0 Å². The standard InChI is InChI=1S/C9H7BrN4O/c10-7-5-12-14-8(7)9(15)13-6-1-3-11-4-2-6/h1-5H,(H,12,14)(H,11,13,15). The van der Waals surface area contributed by atoms with E-state index in [1.54, 1.807) is 24.5 Å². The smallest absolute Gasteiger partial charge is 0.274 e. The lowest BCUT2D eigenvalue weighted by atomic mass is 10.3. The van der Waals surface area contributed by atoms with Crippen molar-refractivity contribution in [2.45, 2.75) is 0 Å². The van der Waals surface area contributed by atoms with Gasteiger partial charge in [-0.1, -0.05) is 0 Å². The fraction of sp³-hybridized carbons (Fsp3) is 0. The van der Waals surface area contributed by atoms with Gasteiger partial charge in [-0.3, -0.25) is 14.9 Å². The van der Waals surface area contributed by atoms with Crippen LogP contribution in [0.1, 0.15) is 10.5 Å². The average Bonchev–Trinajstić information content (AvgIpc) is 2.66. The van der Waals surface area contributed by atoms with Gasteiger partial charge in [0.05, 0.1) is 10.7 Å². The Hall–Kier alpha value is -1.69. The second-order valence-electron chi connectivity index (χ2n) is 2.78. The number of anilines is 1. The maximum Gasteiger partial charge on any atom is 0.274 e. The van der Waals surface area contributed by atoms with Gasteiger partial charge in [-0.05, 0) is 28.1 Å². The van der Waals surface area contributed by atoms with E-state index in [2.05, 4.69) is 36.4 Å². The molecule has 0 saturated heterocycles. The van der Waals surface area contributed by atoms with Crippen LogP contribution in [0.4, 0.5) is 5.69 Å². The largest absolute Gasteiger partial charge is 0.321 e. The first-order chi connectivity index (χ1) is 7.27. The molecule has 76 valence electrons. The van der Waals surface area contributed by atoms with Crippen LogP contribution in [0, 0.1) is 0 Å². The van der Waals surface area contributed by atoms with E-state index >= 15 is 0 Å². The number of hydrogen-bond donors (Lipinski definition) is 2. The van der Waals surface area contributed by atoms with Gasteiger partial charge in [-0.2, -0.15) is 5.10 Å². The molecule has 5 nitrogen and oxygen atoms in total. The first-order valence-electron chi connectivity index (χ1n) is 4.17. The molecule has 1 amide bonds. The molecule has 0 atom stereocenters. The number of nitrogens with zero attached hydrogens (tertiary/aromatic N) is 2. The molecule has 0 fully saturated rings. The molecule has 0 saturated carbocycles. The summed E-state index contributed by atoms with van der Waals surface area (Å²) < 4.78 is 0.633. The van der Waals surface area contributed by atoms with Crippen molar-refractivity contribution in [3.05, 3.63) is 40.9 Å². The molecule has 0 bridgehead atoms. The number of aromatic amines is 1. The lowest BCUT2D eigenvalue weighted by Gasteiger charge is -2.02. The Bertz CT molecular complexity index is 468. The third-order valence-electron chi connectivity index (χ3n) is 1.76. The van der Waals surface area contributed by atoms with Crippen LogP contribution in [0.25, 0.3) is 0 Å². The van der Waals surface area contributed by atoms with Gasteiger partial charge in [0.2, 0.25) is 0 Å². The highest BCUT2D eigenvalue weighted by Gasteiger charge is 2.11. The molecule has 0 radical (unpaired) electrons. The minimum absolute atomic E-state index is 0.245. The Morgan fingerprint density at radius 2 is 2.13 bits per heavy atom. The van der Waals surface area contributed by atoms with Crippen molar-refractivity contribution in [3.63, 3.8) is 0 Å². The first kappa shape index (κ1) is 9.85. The molecule has 2 heterocycles. The van der Waals surface area contributed by atoms with Gasteiger partial charge in [-0.15, -0.1) is 0 Å². The van der Waals surface area contributed by atoms with Crippen LogP contribution in [0.2, 0.25) is 0 Å². The van der Waals surface area contributed by atoms with Gasteiger partial charge in [0.15, 0.2) is 0 Å². The van der Waals surface area contributed by atoms with E-state index in [-0.39, 0.29) is 5.91 Å². The maximum absolute atomic E-state index is 11.7. The van der Waals surface area contributed by atoms with Gasteiger partial charge in [0.25, 0.3) is 5.91 Å². The summed E-state index contributed by atoms with van der Waals surface area (Å²) in [7, 11) is 0. The third-order valence-corrected chi connectivity index (χ3v) is 2.36. The zero-order chi connectivity index (χ0) is 10.7. The summed E-state index contributed by atoms with van der Waals surface area (Å²) >= 11 is 3.21. The Morgan fingerprint density at radius 3 is 2.73 bits per heavy atom. The quantitative estimate of drug-likeness (QED) is 0.871. The van der Waals surface area contributed by atoms with Crippen molar-refractivity contribution in [3.8, 4) is 0 Å². The number of nitrogens with one attached hydrogen (secondary N) is 2. The lowest BCUT2D eigenvalue weighted by Crippen LogP contribution is -2.12. The van der Waals surface area contributed by atoms with E-state index in [1.165, 1.54) is 6.20 Å². The second kappa shape index (κ2) is 4.22. The zero-order valence-electron chi connectivity index (χ0n) is 7.57. The summed E-state index contributed by atoms with van der Waals surface area (Å²) in [6, 6.07) is 3.42. The average molecular weight is 267 g/mol. The van der Waals surface area contributed by atoms with Crippen LogP contribution in [0.15, 0.2) is 35.2 Å². The molecule has 0 unspecified atom stereocenters. The van der Waals surface area contributed by atoms with E-state index in [0.717, 1.165) is 0 Å². The zero-order valence-corrected chi connectivity index (χ0v) is 9.15. The molecule has 0 aliphatic heterocycles. The van der Waals surface area contributed by atoms with Crippen molar-refractivity contribution in [1.29, 1.82) is 0 Å². The molecule has 0 spiro atoms. The number of carbonyl (C=O) groups is 1. The van der Waals surface area contributed by atoms with Crippen LogP contribution in [-0.2, 0) is 0 Å². The van der Waals surface area contributed by atoms with Gasteiger partial charge < -0.3 is 5.32 Å². The summed E-state index contributed by atoms with van der Waals surface area (Å²) in [4.78, 5) is 15.5. The molecular weight excluding hydrogens is 260 g/mol. The number of hydrogen-bond acceptors (Lipinski definition) is 3. The van der Waals surface area contributed by atoms with E-state index in [4.69, 9.17) is 0 Å². The molecular formula is C9H7BrN4O. The third kappa shape index (κ3) is 2.21. The predicted octanol–water partition coefficient (Wildman–Crippen LogP) is 1.82. The molecule has 2 N–H and O–H groups in total. The minimum atomic E-state index is -0.245. The SMILES string of the molecule is O=C(Nc1ccncc1)c1[nH]ncc1Br. The van der Waals surface area contributed by atoms with Gasteiger partial charge in [0.1, 0.15) is 5.69 Å². The van der Waals surface area contributed by atoms with Crippen molar-refractivity contribution in [1.82, 2.24) is 15.2 Å². The van der Waals surface area contributed by atoms with Crippen LogP contribution in [0.3, 0.4) is 0 Å². The van der Waals surface area contributed by atoms with Crippen LogP contribution in [0.5, 0.6) is 0 Å². The fourth-order valence-corrected chi connectivity index (χ4v) is 1.43. The normalized spacial score (nSPS) is 9.93.